The Labute approximate surface area is 163 Å². The number of rotatable bonds is 8. The van der Waals surface area contributed by atoms with Crippen molar-refractivity contribution in [2.24, 2.45) is 5.92 Å². The highest BCUT2D eigenvalue weighted by atomic mass is 16.5. The Hall–Kier alpha value is -1.44. The van der Waals surface area contributed by atoms with Crippen molar-refractivity contribution in [3.63, 3.8) is 0 Å². The molecule has 2 aliphatic rings. The van der Waals surface area contributed by atoms with Gasteiger partial charge in [-0.2, -0.15) is 5.10 Å². The molecular weight excluding hydrogens is 342 g/mol. The number of carbonyl (C=O) groups excluding carboxylic acids is 1. The highest BCUT2D eigenvalue weighted by Gasteiger charge is 2.31. The second kappa shape index (κ2) is 10.2. The SMILES string of the molecule is CCn1cc(CN2CCC(N3CCC[C@H](C(=O)NCCOC)C3)CC2)cn1. The highest BCUT2D eigenvalue weighted by Crippen LogP contribution is 2.24. The van der Waals surface area contributed by atoms with Crippen LogP contribution in [0.25, 0.3) is 0 Å². The van der Waals surface area contributed by atoms with Crippen molar-refractivity contribution in [2.75, 3.05) is 46.4 Å². The monoisotopic (exact) mass is 377 g/mol. The van der Waals surface area contributed by atoms with Gasteiger partial charge in [0.2, 0.25) is 5.91 Å². The number of methoxy groups -OCH3 is 1. The van der Waals surface area contributed by atoms with Crippen LogP contribution in [-0.4, -0.2) is 78.0 Å². The fourth-order valence-corrected chi connectivity index (χ4v) is 4.33. The largest absolute Gasteiger partial charge is 0.383 e. The van der Waals surface area contributed by atoms with Crippen molar-refractivity contribution in [2.45, 2.75) is 51.7 Å². The Balaban J connectivity index is 1.42. The molecule has 1 N–H and O–H groups in total. The van der Waals surface area contributed by atoms with E-state index < -0.39 is 0 Å². The van der Waals surface area contributed by atoms with E-state index in [2.05, 4.69) is 33.3 Å². The molecule has 3 rings (SSSR count). The predicted molar refractivity (Wildman–Crippen MR) is 105 cm³/mol. The van der Waals surface area contributed by atoms with Gasteiger partial charge in [0.1, 0.15) is 0 Å². The quantitative estimate of drug-likeness (QED) is 0.693. The van der Waals surface area contributed by atoms with Crippen LogP contribution in [0, 0.1) is 5.92 Å². The number of amides is 1. The number of hydrogen-bond acceptors (Lipinski definition) is 5. The lowest BCUT2D eigenvalue weighted by Crippen LogP contribution is -2.50. The zero-order chi connectivity index (χ0) is 19.1. The first-order valence-corrected chi connectivity index (χ1v) is 10.4. The molecule has 152 valence electrons. The molecule has 0 saturated carbocycles. The molecule has 7 nitrogen and oxygen atoms in total. The molecule has 0 spiro atoms. The number of aryl methyl sites for hydroxylation is 1. The van der Waals surface area contributed by atoms with Crippen LogP contribution >= 0.6 is 0 Å². The number of nitrogens with one attached hydrogen (secondary N) is 1. The van der Waals surface area contributed by atoms with Crippen LogP contribution in [0.3, 0.4) is 0 Å². The smallest absolute Gasteiger partial charge is 0.224 e. The van der Waals surface area contributed by atoms with Crippen molar-refractivity contribution in [3.05, 3.63) is 18.0 Å². The summed E-state index contributed by atoms with van der Waals surface area (Å²) >= 11 is 0. The molecule has 0 aromatic carbocycles. The Morgan fingerprint density at radius 2 is 2.11 bits per heavy atom. The molecule has 1 atom stereocenters. The van der Waals surface area contributed by atoms with Crippen molar-refractivity contribution in [3.8, 4) is 0 Å². The van der Waals surface area contributed by atoms with E-state index in [1.807, 2.05) is 10.9 Å². The molecule has 0 unspecified atom stereocenters. The summed E-state index contributed by atoms with van der Waals surface area (Å²) in [5.41, 5.74) is 1.31. The van der Waals surface area contributed by atoms with Crippen molar-refractivity contribution in [1.29, 1.82) is 0 Å². The van der Waals surface area contributed by atoms with Gasteiger partial charge >= 0.3 is 0 Å². The molecule has 0 aliphatic carbocycles. The average molecular weight is 378 g/mol. The van der Waals surface area contributed by atoms with Crippen molar-refractivity contribution >= 4 is 5.91 Å². The minimum absolute atomic E-state index is 0.133. The van der Waals surface area contributed by atoms with Gasteiger partial charge in [-0.25, -0.2) is 0 Å². The highest BCUT2D eigenvalue weighted by molar-refractivity contribution is 5.78. The van der Waals surface area contributed by atoms with E-state index in [9.17, 15) is 4.79 Å². The Kier molecular flexibility index (Phi) is 7.67. The van der Waals surface area contributed by atoms with Gasteiger partial charge < -0.3 is 10.1 Å². The fourth-order valence-electron chi connectivity index (χ4n) is 4.33. The van der Waals surface area contributed by atoms with Gasteiger partial charge in [0.15, 0.2) is 0 Å². The zero-order valence-corrected chi connectivity index (χ0v) is 16.9. The molecule has 3 heterocycles. The summed E-state index contributed by atoms with van der Waals surface area (Å²) in [6.07, 6.45) is 8.67. The number of hydrogen-bond donors (Lipinski definition) is 1. The van der Waals surface area contributed by atoms with Gasteiger partial charge in [-0.15, -0.1) is 0 Å². The Morgan fingerprint density at radius 3 is 2.81 bits per heavy atom. The van der Waals surface area contributed by atoms with Crippen LogP contribution in [0.2, 0.25) is 0 Å². The maximum atomic E-state index is 12.4. The van der Waals surface area contributed by atoms with Gasteiger partial charge in [0.25, 0.3) is 0 Å². The van der Waals surface area contributed by atoms with E-state index in [4.69, 9.17) is 4.74 Å². The third-order valence-corrected chi connectivity index (χ3v) is 5.92. The molecule has 0 bridgehead atoms. The van der Waals surface area contributed by atoms with Crippen LogP contribution < -0.4 is 5.32 Å². The second-order valence-corrected chi connectivity index (χ2v) is 7.83. The van der Waals surface area contributed by atoms with E-state index in [1.165, 1.54) is 18.4 Å². The number of piperidine rings is 2. The lowest BCUT2D eigenvalue weighted by molar-refractivity contribution is -0.127. The summed E-state index contributed by atoms with van der Waals surface area (Å²) in [5, 5.41) is 7.39. The van der Waals surface area contributed by atoms with Crippen molar-refractivity contribution < 1.29 is 9.53 Å². The van der Waals surface area contributed by atoms with E-state index in [-0.39, 0.29) is 11.8 Å². The van der Waals surface area contributed by atoms with Crippen LogP contribution in [0.5, 0.6) is 0 Å². The van der Waals surface area contributed by atoms with E-state index in [1.54, 1.807) is 7.11 Å². The Bertz CT molecular complexity index is 583. The number of nitrogens with zero attached hydrogens (tertiary/aromatic N) is 4. The third kappa shape index (κ3) is 5.77. The molecule has 27 heavy (non-hydrogen) atoms. The summed E-state index contributed by atoms with van der Waals surface area (Å²) in [7, 11) is 1.66. The molecule has 1 amide bonds. The molecule has 0 radical (unpaired) electrons. The average Bonchev–Trinajstić information content (AvgIpc) is 3.16. The van der Waals surface area contributed by atoms with Gasteiger partial charge in [-0.05, 0) is 52.2 Å². The Morgan fingerprint density at radius 1 is 1.30 bits per heavy atom. The first-order chi connectivity index (χ1) is 13.2. The summed E-state index contributed by atoms with van der Waals surface area (Å²) in [4.78, 5) is 17.5. The third-order valence-electron chi connectivity index (χ3n) is 5.92. The van der Waals surface area contributed by atoms with Crippen molar-refractivity contribution in [1.82, 2.24) is 24.9 Å². The summed E-state index contributed by atoms with van der Waals surface area (Å²) < 4.78 is 7.01. The molecule has 2 aliphatic heterocycles. The molecule has 1 aromatic heterocycles. The molecule has 1 aromatic rings. The van der Waals surface area contributed by atoms with E-state index in [0.29, 0.717) is 19.2 Å². The summed E-state index contributed by atoms with van der Waals surface area (Å²) in [6.45, 7) is 9.53. The first-order valence-electron chi connectivity index (χ1n) is 10.4. The van der Waals surface area contributed by atoms with Crippen LogP contribution in [0.1, 0.15) is 38.2 Å². The zero-order valence-electron chi connectivity index (χ0n) is 16.9. The minimum atomic E-state index is 0.133. The number of likely N-dealkylation sites (tertiary alicyclic amines) is 2. The normalized spacial score (nSPS) is 22.8. The van der Waals surface area contributed by atoms with Gasteiger partial charge in [-0.1, -0.05) is 0 Å². The molecule has 7 heteroatoms. The standard InChI is InChI=1S/C20H35N5O2/c1-3-25-15-17(13-22-25)14-23-10-6-19(7-11-23)24-9-4-5-18(16-24)20(26)21-8-12-27-2/h13,15,18-19H,3-12,14,16H2,1-2H3,(H,21,26)/t18-/m0/s1. The number of ether oxygens (including phenoxy) is 1. The van der Waals surface area contributed by atoms with Gasteiger partial charge in [0, 0.05) is 51.1 Å². The van der Waals surface area contributed by atoms with Crippen LogP contribution in [0.4, 0.5) is 0 Å². The van der Waals surface area contributed by atoms with Crippen LogP contribution in [0.15, 0.2) is 12.4 Å². The van der Waals surface area contributed by atoms with E-state index >= 15 is 0 Å². The minimum Gasteiger partial charge on any atom is -0.383 e. The molecule has 2 fully saturated rings. The maximum Gasteiger partial charge on any atom is 0.224 e. The number of carbonyl (C=O) groups is 1. The summed E-state index contributed by atoms with van der Waals surface area (Å²) in [6, 6.07) is 0.620. The second-order valence-electron chi connectivity index (χ2n) is 7.83. The van der Waals surface area contributed by atoms with Gasteiger partial charge in [-0.3, -0.25) is 19.3 Å². The topological polar surface area (TPSA) is 62.6 Å². The first kappa shape index (κ1) is 20.3. The van der Waals surface area contributed by atoms with E-state index in [0.717, 1.165) is 52.1 Å². The van der Waals surface area contributed by atoms with Gasteiger partial charge in [0.05, 0.1) is 18.7 Å². The van der Waals surface area contributed by atoms with Crippen LogP contribution in [-0.2, 0) is 22.6 Å². The molecular formula is C20H35N5O2. The lowest BCUT2D eigenvalue weighted by atomic mass is 9.93. The predicted octanol–water partition coefficient (Wildman–Crippen LogP) is 1.34. The molecule has 2 saturated heterocycles. The summed E-state index contributed by atoms with van der Waals surface area (Å²) in [5.74, 6) is 0.329. The lowest BCUT2D eigenvalue weighted by Gasteiger charge is -2.42. The number of aromatic nitrogens is 2. The fraction of sp³-hybridized carbons (Fsp3) is 0.800. The maximum absolute atomic E-state index is 12.4.